The predicted molar refractivity (Wildman–Crippen MR) is 19.7 cm³/mol. The molecule has 0 heterocycles. The SMILES string of the molecule is O=N[O-].O=N[O-].[O]=[U+2]=[O]. The Balaban J connectivity index is -0.0000000600. The van der Waals surface area contributed by atoms with Crippen LogP contribution < -0.4 is 0 Å². The summed E-state index contributed by atoms with van der Waals surface area (Å²) in [5.41, 5.74) is 0. The molecule has 0 spiro atoms. The van der Waals surface area contributed by atoms with E-state index in [0.717, 1.165) is 10.7 Å². The molecule has 0 aliphatic carbocycles. The Kier molecular flexibility index (Phi) is 90.5. The van der Waals surface area contributed by atoms with Crippen molar-refractivity contribution in [2.24, 2.45) is 10.7 Å². The van der Waals surface area contributed by atoms with Gasteiger partial charge in [-0.2, -0.15) is 0 Å². The molecule has 0 fully saturated rings. The molecule has 9 heteroatoms. The molecule has 0 aromatic heterocycles. The maximum absolute atomic E-state index is 8.58. The molecule has 0 atom stereocenters. The molecule has 0 aliphatic heterocycles. The van der Waals surface area contributed by atoms with E-state index in [1.807, 2.05) is 0 Å². The van der Waals surface area contributed by atoms with Crippen molar-refractivity contribution in [3.8, 4) is 0 Å². The molecule has 0 bridgehead atoms. The van der Waals surface area contributed by atoms with Gasteiger partial charge in [0.15, 0.2) is 0 Å². The second-order valence-corrected chi connectivity index (χ2v) is 0.926. The normalized spacial score (nSPS) is 3.56. The van der Waals surface area contributed by atoms with E-state index < -0.39 is 27.8 Å². The number of nitrogens with zero attached hydrogens (tertiary/aromatic N) is 2. The van der Waals surface area contributed by atoms with Gasteiger partial charge < -0.3 is 20.2 Å². The van der Waals surface area contributed by atoms with Crippen LogP contribution in [-0.4, -0.2) is 0 Å². The summed E-state index contributed by atoms with van der Waals surface area (Å²) in [5, 5.41) is 18.0. The molecule has 0 radical (unpaired) electrons. The Hall–Kier alpha value is -0.548. The molecular formula is N2O6U. The van der Waals surface area contributed by atoms with E-state index >= 15 is 0 Å². The summed E-state index contributed by atoms with van der Waals surface area (Å²) >= 11 is -2.51. The van der Waals surface area contributed by atoms with Crippen LogP contribution >= 0.6 is 0 Å². The molecule has 8 nitrogen and oxygen atoms in total. The van der Waals surface area contributed by atoms with Crippen molar-refractivity contribution in [2.75, 3.05) is 0 Å². The minimum atomic E-state index is -2.51. The fourth-order valence-corrected chi connectivity index (χ4v) is 0. The molecule has 0 aromatic carbocycles. The van der Waals surface area contributed by atoms with E-state index in [2.05, 4.69) is 0 Å². The monoisotopic (exact) mass is 362 g/mol. The average Bonchev–Trinajstić information content (AvgIpc) is 1.70. The Labute approximate surface area is 63.3 Å². The van der Waals surface area contributed by atoms with Crippen molar-refractivity contribution in [2.45, 2.75) is 0 Å². The third-order valence-corrected chi connectivity index (χ3v) is 0. The van der Waals surface area contributed by atoms with Crippen molar-refractivity contribution in [1.82, 2.24) is 0 Å². The van der Waals surface area contributed by atoms with Crippen LogP contribution in [-0.2, 0) is 4.47 Å². The molecule has 0 rings (SSSR count). The Bertz CT molecular complexity index is 77.1. The standard InChI is InChI=1S/2HNO2.2O.U/c2*2-1-3;;;/h2*(H,2,3);;;/q;;;;+2/p-2. The molecule has 0 N–H and O–H groups in total. The molecule has 0 unspecified atom stereocenters. The molecule has 9 heavy (non-hydrogen) atoms. The van der Waals surface area contributed by atoms with Crippen molar-refractivity contribution in [1.29, 1.82) is 0 Å². The van der Waals surface area contributed by atoms with E-state index in [0.29, 0.717) is 0 Å². The van der Waals surface area contributed by atoms with Crippen LogP contribution in [0.25, 0.3) is 0 Å². The fourth-order valence-electron chi connectivity index (χ4n) is 0. The van der Waals surface area contributed by atoms with Crippen LogP contribution in [0.2, 0.25) is 0 Å². The first-order valence-corrected chi connectivity index (χ1v) is 4.54. The third-order valence-electron chi connectivity index (χ3n) is 0. The molecule has 0 amide bonds. The van der Waals surface area contributed by atoms with Crippen LogP contribution in [0.15, 0.2) is 10.7 Å². The number of hydrogen-bond donors (Lipinski definition) is 0. The van der Waals surface area contributed by atoms with Gasteiger partial charge in [-0.05, 0) is 0 Å². The van der Waals surface area contributed by atoms with Gasteiger partial charge >= 0.3 is 32.3 Å². The first-order valence-electron chi connectivity index (χ1n) is 1.14. The molecule has 0 aliphatic rings. The van der Waals surface area contributed by atoms with Crippen LogP contribution in [0, 0.1) is 48.0 Å². The van der Waals surface area contributed by atoms with Gasteiger partial charge in [-0.25, -0.2) is 0 Å². The molecule has 50 valence electrons. The van der Waals surface area contributed by atoms with Crippen LogP contribution in [0.3, 0.4) is 0 Å². The zero-order chi connectivity index (χ0) is 8.12. The zero-order valence-electron chi connectivity index (χ0n) is 3.84. The maximum atomic E-state index is 8.58. The van der Waals surface area contributed by atoms with Crippen LogP contribution in [0.1, 0.15) is 0 Å². The molecule has 0 saturated heterocycles. The fraction of sp³-hybridized carbons (Fsp3) is 0. The number of hydrogen-bond acceptors (Lipinski definition) is 8. The summed E-state index contributed by atoms with van der Waals surface area (Å²) in [7, 11) is 0. The topological polar surface area (TPSA) is 139 Å². The van der Waals surface area contributed by atoms with Crippen molar-refractivity contribution >= 4 is 0 Å². The molecular weight excluding hydrogens is 362 g/mol. The van der Waals surface area contributed by atoms with Gasteiger partial charge in [-0.3, -0.25) is 0 Å². The van der Waals surface area contributed by atoms with Gasteiger partial charge in [0.2, 0.25) is 0 Å². The first-order chi connectivity index (χ1) is 4.24. The summed E-state index contributed by atoms with van der Waals surface area (Å²) in [5.74, 6) is 0. The van der Waals surface area contributed by atoms with E-state index in [1.165, 1.54) is 0 Å². The van der Waals surface area contributed by atoms with E-state index in [1.54, 1.807) is 0 Å². The Morgan fingerprint density at radius 2 is 1.00 bits per heavy atom. The van der Waals surface area contributed by atoms with Gasteiger partial charge in [0.05, 0.1) is 0 Å². The summed E-state index contributed by atoms with van der Waals surface area (Å²) < 4.78 is 17.2. The number of rotatable bonds is 0. The van der Waals surface area contributed by atoms with Gasteiger partial charge in [0.25, 0.3) is 0 Å². The summed E-state index contributed by atoms with van der Waals surface area (Å²) in [4.78, 5) is 16.0. The van der Waals surface area contributed by atoms with Gasteiger partial charge in [0.1, 0.15) is 0 Å². The summed E-state index contributed by atoms with van der Waals surface area (Å²) in [6.45, 7) is 0. The zero-order valence-corrected chi connectivity index (χ0v) is 8.01. The Morgan fingerprint density at radius 1 is 1.00 bits per heavy atom. The van der Waals surface area contributed by atoms with E-state index in [4.69, 9.17) is 24.7 Å². The van der Waals surface area contributed by atoms with Crippen molar-refractivity contribution in [3.05, 3.63) is 20.2 Å². The third kappa shape index (κ3) is 737. The van der Waals surface area contributed by atoms with E-state index in [-0.39, 0.29) is 0 Å². The Morgan fingerprint density at radius 3 is 1.00 bits per heavy atom. The quantitative estimate of drug-likeness (QED) is 0.447. The van der Waals surface area contributed by atoms with E-state index in [9.17, 15) is 0 Å². The van der Waals surface area contributed by atoms with Crippen molar-refractivity contribution in [3.63, 3.8) is 0 Å². The molecule has 0 aromatic rings. The van der Waals surface area contributed by atoms with Crippen LogP contribution in [0.4, 0.5) is 0 Å². The van der Waals surface area contributed by atoms with Crippen molar-refractivity contribution < 1.29 is 32.3 Å². The summed E-state index contributed by atoms with van der Waals surface area (Å²) in [6.07, 6.45) is 0. The summed E-state index contributed by atoms with van der Waals surface area (Å²) in [6, 6.07) is 0. The second-order valence-electron chi connectivity index (χ2n) is 0.232. The average molecular weight is 362 g/mol. The van der Waals surface area contributed by atoms with Gasteiger partial charge in [0, 0.05) is 0 Å². The van der Waals surface area contributed by atoms with Crippen LogP contribution in [0.5, 0.6) is 0 Å². The van der Waals surface area contributed by atoms with Gasteiger partial charge in [-0.1, -0.05) is 0 Å². The minimum absolute atomic E-state index is 1.00. The first kappa shape index (κ1) is 15.8. The second kappa shape index (κ2) is 51.6. The molecule has 0 saturated carbocycles. The van der Waals surface area contributed by atoms with Gasteiger partial charge in [-0.15, -0.1) is 10.7 Å². The predicted octanol–water partition coefficient (Wildman–Crippen LogP) is 0.264.